The first-order chi connectivity index (χ1) is 8.58. The molecule has 3 N–H and O–H groups in total. The highest BCUT2D eigenvalue weighted by atomic mass is 35.5. The second kappa shape index (κ2) is 5.67. The number of rotatable bonds is 3. The minimum atomic E-state index is -0.368. The van der Waals surface area contributed by atoms with E-state index in [0.29, 0.717) is 6.54 Å². The molecule has 1 saturated heterocycles. The van der Waals surface area contributed by atoms with Crippen LogP contribution in [0.4, 0.5) is 4.39 Å². The largest absolute Gasteiger partial charge is 0.387 e. The quantitative estimate of drug-likeness (QED) is 0.655. The van der Waals surface area contributed by atoms with E-state index in [1.807, 2.05) is 6.07 Å². The van der Waals surface area contributed by atoms with Crippen molar-refractivity contribution < 1.29 is 4.39 Å². The van der Waals surface area contributed by atoms with Gasteiger partial charge >= 0.3 is 0 Å². The standard InChI is InChI=1S/C13H17ClFN3/c14-12-10(2-1-3-11(12)15)8-18-6-4-9(5-7-18)13(16)17/h1-3,9H,4-8H2,(H3,16,17). The molecule has 0 aliphatic carbocycles. The van der Waals surface area contributed by atoms with Gasteiger partial charge in [-0.05, 0) is 37.6 Å². The lowest BCUT2D eigenvalue weighted by atomic mass is 9.95. The van der Waals surface area contributed by atoms with E-state index in [1.54, 1.807) is 6.07 Å². The zero-order chi connectivity index (χ0) is 13.1. The molecule has 1 aliphatic rings. The molecule has 2 rings (SSSR count). The normalized spacial score (nSPS) is 17.9. The van der Waals surface area contributed by atoms with E-state index in [1.165, 1.54) is 6.07 Å². The maximum Gasteiger partial charge on any atom is 0.142 e. The summed E-state index contributed by atoms with van der Waals surface area (Å²) in [5, 5.41) is 7.64. The van der Waals surface area contributed by atoms with Crippen LogP contribution >= 0.6 is 11.6 Å². The summed E-state index contributed by atoms with van der Waals surface area (Å²) in [6.45, 7) is 2.40. The van der Waals surface area contributed by atoms with E-state index >= 15 is 0 Å². The van der Waals surface area contributed by atoms with Crippen LogP contribution in [-0.4, -0.2) is 23.8 Å². The Morgan fingerprint density at radius 3 is 2.72 bits per heavy atom. The summed E-state index contributed by atoms with van der Waals surface area (Å²) >= 11 is 5.94. The molecule has 0 saturated carbocycles. The molecule has 0 bridgehead atoms. The van der Waals surface area contributed by atoms with Crippen LogP contribution in [0.2, 0.25) is 5.02 Å². The zero-order valence-corrected chi connectivity index (χ0v) is 10.9. The summed E-state index contributed by atoms with van der Waals surface area (Å²) in [6, 6.07) is 4.90. The topological polar surface area (TPSA) is 53.1 Å². The highest BCUT2D eigenvalue weighted by Crippen LogP contribution is 2.24. The fraction of sp³-hybridized carbons (Fsp3) is 0.462. The molecule has 1 aliphatic heterocycles. The fourth-order valence-corrected chi connectivity index (χ4v) is 2.50. The summed E-state index contributed by atoms with van der Waals surface area (Å²) < 4.78 is 13.3. The highest BCUT2D eigenvalue weighted by molar-refractivity contribution is 6.31. The maximum absolute atomic E-state index is 13.3. The van der Waals surface area contributed by atoms with Crippen molar-refractivity contribution in [1.29, 1.82) is 5.41 Å². The van der Waals surface area contributed by atoms with Gasteiger partial charge < -0.3 is 5.73 Å². The first-order valence-electron chi connectivity index (χ1n) is 6.07. The van der Waals surface area contributed by atoms with Gasteiger partial charge in [0.1, 0.15) is 5.82 Å². The van der Waals surface area contributed by atoms with Gasteiger partial charge in [0.2, 0.25) is 0 Å². The monoisotopic (exact) mass is 269 g/mol. The van der Waals surface area contributed by atoms with Crippen LogP contribution in [0.1, 0.15) is 18.4 Å². The smallest absolute Gasteiger partial charge is 0.142 e. The third-order valence-electron chi connectivity index (χ3n) is 3.45. The Morgan fingerprint density at radius 1 is 1.44 bits per heavy atom. The lowest BCUT2D eigenvalue weighted by Crippen LogP contribution is -2.37. The van der Waals surface area contributed by atoms with Gasteiger partial charge in [-0.1, -0.05) is 23.7 Å². The molecule has 0 amide bonds. The van der Waals surface area contributed by atoms with Gasteiger partial charge in [0.25, 0.3) is 0 Å². The molecule has 5 heteroatoms. The van der Waals surface area contributed by atoms with E-state index in [0.717, 1.165) is 31.5 Å². The summed E-state index contributed by atoms with van der Waals surface area (Å²) in [4.78, 5) is 2.22. The average Bonchev–Trinajstić information content (AvgIpc) is 2.36. The Kier molecular flexibility index (Phi) is 4.19. The minimum Gasteiger partial charge on any atom is -0.387 e. The van der Waals surface area contributed by atoms with Crippen molar-refractivity contribution in [3.8, 4) is 0 Å². The Bertz CT molecular complexity index is 442. The molecular formula is C13H17ClFN3. The van der Waals surface area contributed by atoms with Gasteiger partial charge in [-0.3, -0.25) is 10.3 Å². The van der Waals surface area contributed by atoms with Crippen molar-refractivity contribution in [1.82, 2.24) is 4.90 Å². The molecule has 1 aromatic rings. The van der Waals surface area contributed by atoms with Crippen LogP contribution in [0, 0.1) is 17.1 Å². The highest BCUT2D eigenvalue weighted by Gasteiger charge is 2.21. The molecule has 1 fully saturated rings. The maximum atomic E-state index is 13.3. The van der Waals surface area contributed by atoms with Crippen molar-refractivity contribution >= 4 is 17.4 Å². The third kappa shape index (κ3) is 3.00. The number of nitrogens with two attached hydrogens (primary N) is 1. The summed E-state index contributed by atoms with van der Waals surface area (Å²) in [7, 11) is 0. The predicted octanol–water partition coefficient (Wildman–Crippen LogP) is 2.63. The van der Waals surface area contributed by atoms with Crippen molar-refractivity contribution in [3.63, 3.8) is 0 Å². The van der Waals surface area contributed by atoms with Gasteiger partial charge in [0.05, 0.1) is 10.9 Å². The van der Waals surface area contributed by atoms with Crippen molar-refractivity contribution in [2.75, 3.05) is 13.1 Å². The van der Waals surface area contributed by atoms with Gasteiger partial charge in [-0.2, -0.15) is 0 Å². The van der Waals surface area contributed by atoms with Crippen LogP contribution in [0.5, 0.6) is 0 Å². The first-order valence-corrected chi connectivity index (χ1v) is 6.45. The van der Waals surface area contributed by atoms with Crippen LogP contribution in [0.25, 0.3) is 0 Å². The lowest BCUT2D eigenvalue weighted by Gasteiger charge is -2.31. The number of piperidine rings is 1. The first kappa shape index (κ1) is 13.3. The van der Waals surface area contributed by atoms with Crippen molar-refractivity contribution in [2.24, 2.45) is 11.7 Å². The number of halogens is 2. The molecule has 3 nitrogen and oxygen atoms in total. The van der Waals surface area contributed by atoms with E-state index in [4.69, 9.17) is 22.7 Å². The van der Waals surface area contributed by atoms with Crippen LogP contribution in [-0.2, 0) is 6.54 Å². The molecule has 1 aromatic carbocycles. The molecule has 1 heterocycles. The van der Waals surface area contributed by atoms with E-state index in [9.17, 15) is 4.39 Å². The SMILES string of the molecule is N=C(N)C1CCN(Cc2cccc(F)c2Cl)CC1. The Morgan fingerprint density at radius 2 is 2.11 bits per heavy atom. The number of hydrogen-bond acceptors (Lipinski definition) is 2. The van der Waals surface area contributed by atoms with Crippen molar-refractivity contribution in [3.05, 3.63) is 34.6 Å². The molecule has 0 atom stereocenters. The Labute approximate surface area is 111 Å². The molecule has 0 radical (unpaired) electrons. The van der Waals surface area contributed by atoms with E-state index in [2.05, 4.69) is 4.90 Å². The zero-order valence-electron chi connectivity index (χ0n) is 10.1. The molecular weight excluding hydrogens is 253 g/mol. The lowest BCUT2D eigenvalue weighted by molar-refractivity contribution is 0.201. The van der Waals surface area contributed by atoms with Crippen LogP contribution < -0.4 is 5.73 Å². The summed E-state index contributed by atoms with van der Waals surface area (Å²) in [5.74, 6) is 0.107. The number of nitrogens with one attached hydrogen (secondary N) is 1. The average molecular weight is 270 g/mol. The van der Waals surface area contributed by atoms with Gasteiger partial charge in [0.15, 0.2) is 0 Å². The second-order valence-corrected chi connectivity index (χ2v) is 5.10. The Hall–Kier alpha value is -1.13. The molecule has 98 valence electrons. The molecule has 0 aromatic heterocycles. The minimum absolute atomic E-state index is 0.198. The van der Waals surface area contributed by atoms with Crippen LogP contribution in [0.3, 0.4) is 0 Å². The number of likely N-dealkylation sites (tertiary alicyclic amines) is 1. The summed E-state index contributed by atoms with van der Waals surface area (Å²) in [6.07, 6.45) is 1.78. The second-order valence-electron chi connectivity index (χ2n) is 4.72. The molecule has 0 spiro atoms. The Balaban J connectivity index is 1.96. The van der Waals surface area contributed by atoms with E-state index < -0.39 is 0 Å². The van der Waals surface area contributed by atoms with Crippen molar-refractivity contribution in [2.45, 2.75) is 19.4 Å². The third-order valence-corrected chi connectivity index (χ3v) is 3.88. The van der Waals surface area contributed by atoms with E-state index in [-0.39, 0.29) is 22.6 Å². The van der Waals surface area contributed by atoms with Gasteiger partial charge in [-0.15, -0.1) is 0 Å². The number of hydrogen-bond donors (Lipinski definition) is 2. The molecule has 18 heavy (non-hydrogen) atoms. The number of nitrogens with zero attached hydrogens (tertiary/aromatic N) is 1. The van der Waals surface area contributed by atoms with Crippen LogP contribution in [0.15, 0.2) is 18.2 Å². The molecule has 0 unspecified atom stereocenters. The predicted molar refractivity (Wildman–Crippen MR) is 71.3 cm³/mol. The van der Waals surface area contributed by atoms with Gasteiger partial charge in [-0.25, -0.2) is 4.39 Å². The number of amidine groups is 1. The summed E-state index contributed by atoms with van der Waals surface area (Å²) in [5.41, 5.74) is 6.32. The fourth-order valence-electron chi connectivity index (χ4n) is 2.31. The van der Waals surface area contributed by atoms with Gasteiger partial charge in [0, 0.05) is 12.5 Å². The number of benzene rings is 1.